The van der Waals surface area contributed by atoms with E-state index in [1.165, 1.54) is 16.7 Å². The molecule has 1 aromatic rings. The van der Waals surface area contributed by atoms with Crippen LogP contribution in [-0.4, -0.2) is 35.4 Å². The van der Waals surface area contributed by atoms with Crippen molar-refractivity contribution in [3.8, 4) is 0 Å². The van der Waals surface area contributed by atoms with Gasteiger partial charge in [0.15, 0.2) is 0 Å². The van der Waals surface area contributed by atoms with Gasteiger partial charge in [0.1, 0.15) is 0 Å². The zero-order valence-corrected chi connectivity index (χ0v) is 16.5. The third-order valence-corrected chi connectivity index (χ3v) is 7.24. The van der Waals surface area contributed by atoms with Gasteiger partial charge in [-0.1, -0.05) is 39.0 Å². The molecule has 144 valence electrons. The van der Waals surface area contributed by atoms with Crippen molar-refractivity contribution in [2.75, 3.05) is 13.2 Å². The Morgan fingerprint density at radius 2 is 2.08 bits per heavy atom. The molecule has 4 nitrogen and oxygen atoms in total. The van der Waals surface area contributed by atoms with Crippen molar-refractivity contribution in [1.82, 2.24) is 5.32 Å². The van der Waals surface area contributed by atoms with Crippen LogP contribution in [0.1, 0.15) is 69.6 Å². The first-order valence-electron chi connectivity index (χ1n) is 9.89. The van der Waals surface area contributed by atoms with E-state index in [0.29, 0.717) is 12.5 Å². The highest BCUT2D eigenvalue weighted by atomic mass is 16.3. The van der Waals surface area contributed by atoms with Crippen LogP contribution in [0.4, 0.5) is 0 Å². The van der Waals surface area contributed by atoms with Crippen molar-refractivity contribution in [1.29, 1.82) is 0 Å². The number of benzene rings is 1. The average molecular weight is 360 g/mol. The fourth-order valence-electron chi connectivity index (χ4n) is 5.51. The predicted molar refractivity (Wildman–Crippen MR) is 103 cm³/mol. The number of hydrogen-bond acceptors (Lipinski definition) is 3. The SMILES string of the molecule is CC(=O)NC[C@]1(C)CC[C@@H](O)[C@]2(C)c3ccc(C(C)CO)cc3CCC12. The van der Waals surface area contributed by atoms with Crippen LogP contribution >= 0.6 is 0 Å². The van der Waals surface area contributed by atoms with Crippen molar-refractivity contribution < 1.29 is 15.0 Å². The minimum atomic E-state index is -0.363. The predicted octanol–water partition coefficient (Wildman–Crippen LogP) is 2.90. The molecule has 4 heteroatoms. The number of aryl methyl sites for hydroxylation is 1. The van der Waals surface area contributed by atoms with Gasteiger partial charge in [-0.2, -0.15) is 0 Å². The number of aliphatic hydroxyl groups excluding tert-OH is 2. The summed E-state index contributed by atoms with van der Waals surface area (Å²) in [6.45, 7) is 8.90. The van der Waals surface area contributed by atoms with E-state index in [4.69, 9.17) is 0 Å². The van der Waals surface area contributed by atoms with Crippen LogP contribution in [0.5, 0.6) is 0 Å². The molecule has 2 unspecified atom stereocenters. The van der Waals surface area contributed by atoms with Gasteiger partial charge in [0.2, 0.25) is 5.91 Å². The van der Waals surface area contributed by atoms with Gasteiger partial charge >= 0.3 is 0 Å². The molecule has 1 aromatic carbocycles. The Balaban J connectivity index is 2.00. The second-order valence-electron chi connectivity index (χ2n) is 8.99. The van der Waals surface area contributed by atoms with Crippen LogP contribution in [0.2, 0.25) is 0 Å². The van der Waals surface area contributed by atoms with Crippen LogP contribution in [0.15, 0.2) is 18.2 Å². The minimum absolute atomic E-state index is 0.00555. The number of carbonyl (C=O) groups is 1. The Labute approximate surface area is 157 Å². The summed E-state index contributed by atoms with van der Waals surface area (Å²) >= 11 is 0. The Morgan fingerprint density at radius 1 is 1.35 bits per heavy atom. The molecular weight excluding hydrogens is 326 g/mol. The number of fused-ring (bicyclic) bond motifs is 3. The van der Waals surface area contributed by atoms with Gasteiger partial charge in [0.25, 0.3) is 0 Å². The lowest BCUT2D eigenvalue weighted by Gasteiger charge is -2.57. The van der Waals surface area contributed by atoms with Crippen molar-refractivity contribution in [2.45, 2.75) is 70.8 Å². The normalized spacial score (nSPS) is 34.5. The Hall–Kier alpha value is -1.39. The Morgan fingerprint density at radius 3 is 2.73 bits per heavy atom. The maximum Gasteiger partial charge on any atom is 0.216 e. The molecule has 0 aromatic heterocycles. The van der Waals surface area contributed by atoms with Crippen molar-refractivity contribution in [2.24, 2.45) is 11.3 Å². The first kappa shape index (κ1) is 19.4. The molecule has 0 heterocycles. The molecule has 3 N–H and O–H groups in total. The third-order valence-electron chi connectivity index (χ3n) is 7.24. The van der Waals surface area contributed by atoms with E-state index in [2.05, 4.69) is 37.4 Å². The van der Waals surface area contributed by atoms with Gasteiger partial charge in [0, 0.05) is 31.4 Å². The molecule has 1 saturated carbocycles. The lowest BCUT2D eigenvalue weighted by atomic mass is 9.48. The highest BCUT2D eigenvalue weighted by Crippen LogP contribution is 2.57. The van der Waals surface area contributed by atoms with E-state index >= 15 is 0 Å². The average Bonchev–Trinajstić information content (AvgIpc) is 2.62. The number of carbonyl (C=O) groups excluding carboxylic acids is 1. The topological polar surface area (TPSA) is 69.6 Å². The molecule has 1 fully saturated rings. The molecule has 5 atom stereocenters. The molecule has 0 radical (unpaired) electrons. The smallest absolute Gasteiger partial charge is 0.216 e. The Kier molecular flexibility index (Phi) is 5.19. The number of hydrogen-bond donors (Lipinski definition) is 3. The lowest BCUT2D eigenvalue weighted by Crippen LogP contribution is -2.58. The summed E-state index contributed by atoms with van der Waals surface area (Å²) in [6, 6.07) is 6.51. The summed E-state index contributed by atoms with van der Waals surface area (Å²) in [5.74, 6) is 0.476. The maximum absolute atomic E-state index is 11.5. The van der Waals surface area contributed by atoms with Gasteiger partial charge in [-0.25, -0.2) is 0 Å². The highest BCUT2D eigenvalue weighted by Gasteiger charge is 2.55. The zero-order valence-electron chi connectivity index (χ0n) is 16.5. The molecule has 0 bridgehead atoms. The van der Waals surface area contributed by atoms with Gasteiger partial charge in [-0.3, -0.25) is 4.79 Å². The molecule has 0 spiro atoms. The van der Waals surface area contributed by atoms with Gasteiger partial charge in [-0.05, 0) is 53.7 Å². The molecule has 26 heavy (non-hydrogen) atoms. The van der Waals surface area contributed by atoms with Crippen LogP contribution < -0.4 is 5.32 Å². The molecule has 0 saturated heterocycles. The fraction of sp³-hybridized carbons (Fsp3) is 0.682. The van der Waals surface area contributed by atoms with E-state index in [9.17, 15) is 15.0 Å². The molecule has 3 rings (SSSR count). The van der Waals surface area contributed by atoms with Crippen LogP contribution in [0.3, 0.4) is 0 Å². The molecule has 1 amide bonds. The summed E-state index contributed by atoms with van der Waals surface area (Å²) in [5, 5.41) is 23.5. The number of rotatable bonds is 4. The third kappa shape index (κ3) is 3.07. The first-order chi connectivity index (χ1) is 12.2. The van der Waals surface area contributed by atoms with Gasteiger partial charge in [-0.15, -0.1) is 0 Å². The van der Waals surface area contributed by atoms with E-state index in [1.54, 1.807) is 6.92 Å². The monoisotopic (exact) mass is 359 g/mol. The van der Waals surface area contributed by atoms with Gasteiger partial charge in [0.05, 0.1) is 6.10 Å². The summed E-state index contributed by atoms with van der Waals surface area (Å²) < 4.78 is 0. The second-order valence-corrected chi connectivity index (χ2v) is 8.99. The first-order valence-corrected chi connectivity index (χ1v) is 9.89. The van der Waals surface area contributed by atoms with Crippen molar-refractivity contribution in [3.63, 3.8) is 0 Å². The number of aliphatic hydroxyl groups is 2. The second kappa shape index (κ2) is 6.97. The van der Waals surface area contributed by atoms with Crippen molar-refractivity contribution >= 4 is 5.91 Å². The minimum Gasteiger partial charge on any atom is -0.396 e. The summed E-state index contributed by atoms with van der Waals surface area (Å²) in [4.78, 5) is 11.5. The van der Waals surface area contributed by atoms with Crippen molar-refractivity contribution in [3.05, 3.63) is 34.9 Å². The van der Waals surface area contributed by atoms with Crippen LogP contribution in [0.25, 0.3) is 0 Å². The van der Waals surface area contributed by atoms with Crippen LogP contribution in [0, 0.1) is 11.3 Å². The van der Waals surface area contributed by atoms with E-state index in [1.807, 2.05) is 6.92 Å². The summed E-state index contributed by atoms with van der Waals surface area (Å²) in [7, 11) is 0. The standard InChI is InChI=1S/C22H33NO3/c1-14(12-24)16-5-7-18-17(11-16)6-8-19-21(3,13-23-15(2)25)10-9-20(26)22(18,19)4/h5,7,11,14,19-20,24,26H,6,8-10,12-13H2,1-4H3,(H,23,25)/t14?,19?,20-,21+,22-/m1/s1. The quantitative estimate of drug-likeness (QED) is 0.774. The Bertz CT molecular complexity index is 688. The largest absolute Gasteiger partial charge is 0.396 e. The fourth-order valence-corrected chi connectivity index (χ4v) is 5.51. The van der Waals surface area contributed by atoms with Gasteiger partial charge < -0.3 is 15.5 Å². The summed E-state index contributed by atoms with van der Waals surface area (Å²) in [5.41, 5.74) is 3.43. The van der Waals surface area contributed by atoms with E-state index in [-0.39, 0.29) is 35.4 Å². The zero-order chi connectivity index (χ0) is 19.1. The van der Waals surface area contributed by atoms with E-state index < -0.39 is 0 Å². The summed E-state index contributed by atoms with van der Waals surface area (Å²) in [6.07, 6.45) is 3.34. The number of nitrogens with one attached hydrogen (secondary N) is 1. The molecule has 2 aliphatic rings. The number of amides is 1. The lowest BCUT2D eigenvalue weighted by molar-refractivity contribution is -0.121. The van der Waals surface area contributed by atoms with E-state index in [0.717, 1.165) is 25.7 Å². The molecular formula is C22H33NO3. The highest BCUT2D eigenvalue weighted by molar-refractivity contribution is 5.72. The van der Waals surface area contributed by atoms with Crippen LogP contribution in [-0.2, 0) is 16.6 Å². The molecule has 2 aliphatic carbocycles. The molecule has 0 aliphatic heterocycles. The maximum atomic E-state index is 11.5.